The number of aryl methyl sites for hydroxylation is 2. The monoisotopic (exact) mass is 289 g/mol. The third kappa shape index (κ3) is 3.21. The van der Waals surface area contributed by atoms with Crippen LogP contribution < -0.4 is 4.74 Å². The first-order chi connectivity index (χ1) is 10.3. The molecule has 0 spiro atoms. The summed E-state index contributed by atoms with van der Waals surface area (Å²) in [5.41, 5.74) is 2.80. The molecule has 1 aromatic carbocycles. The summed E-state index contributed by atoms with van der Waals surface area (Å²) in [4.78, 5) is 14.4. The minimum absolute atomic E-state index is 0.0845. The maximum Gasteiger partial charge on any atom is 0.263 e. The largest absolute Gasteiger partial charge is 0.481 e. The van der Waals surface area contributed by atoms with Crippen LogP contribution in [0.2, 0.25) is 0 Å². The number of fused-ring (bicyclic) bond motifs is 1. The molecule has 4 nitrogen and oxygen atoms in total. The van der Waals surface area contributed by atoms with Crippen molar-refractivity contribution in [3.05, 3.63) is 29.3 Å². The molecule has 0 N–H and O–H groups in total. The molecule has 1 heterocycles. The van der Waals surface area contributed by atoms with Crippen LogP contribution in [0.3, 0.4) is 0 Å². The number of benzene rings is 1. The highest BCUT2D eigenvalue weighted by atomic mass is 16.5. The van der Waals surface area contributed by atoms with Gasteiger partial charge < -0.3 is 14.4 Å². The van der Waals surface area contributed by atoms with Crippen LogP contribution in [0.5, 0.6) is 5.75 Å². The number of nitrogens with zero attached hydrogens (tertiary/aromatic N) is 1. The first-order valence-corrected chi connectivity index (χ1v) is 7.93. The van der Waals surface area contributed by atoms with Gasteiger partial charge in [-0.15, -0.1) is 0 Å². The van der Waals surface area contributed by atoms with Crippen molar-refractivity contribution in [3.8, 4) is 5.75 Å². The van der Waals surface area contributed by atoms with Gasteiger partial charge in [0.1, 0.15) is 5.75 Å². The zero-order valence-electron chi connectivity index (χ0n) is 12.6. The van der Waals surface area contributed by atoms with Gasteiger partial charge in [0, 0.05) is 13.1 Å². The maximum absolute atomic E-state index is 12.5. The molecule has 0 unspecified atom stereocenters. The van der Waals surface area contributed by atoms with E-state index in [-0.39, 0.29) is 12.0 Å². The van der Waals surface area contributed by atoms with Crippen molar-refractivity contribution in [1.29, 1.82) is 0 Å². The average Bonchev–Trinajstić information content (AvgIpc) is 3.00. The second-order valence-corrected chi connectivity index (χ2v) is 5.74. The van der Waals surface area contributed by atoms with Gasteiger partial charge in [0.25, 0.3) is 5.91 Å². The van der Waals surface area contributed by atoms with Gasteiger partial charge in [-0.2, -0.15) is 0 Å². The van der Waals surface area contributed by atoms with E-state index >= 15 is 0 Å². The van der Waals surface area contributed by atoms with Gasteiger partial charge in [0.2, 0.25) is 0 Å². The third-order valence-electron chi connectivity index (χ3n) is 4.32. The molecule has 0 bridgehead atoms. The number of morpholine rings is 1. The molecule has 0 aromatic heterocycles. The molecule has 1 amide bonds. The maximum atomic E-state index is 12.5. The summed E-state index contributed by atoms with van der Waals surface area (Å²) in [6, 6.07) is 6.25. The molecule has 0 saturated carbocycles. The molecule has 21 heavy (non-hydrogen) atoms. The molecule has 1 aliphatic heterocycles. The fraction of sp³-hybridized carbons (Fsp3) is 0.588. The van der Waals surface area contributed by atoms with Crippen LogP contribution in [0.4, 0.5) is 0 Å². The van der Waals surface area contributed by atoms with Crippen molar-refractivity contribution in [2.75, 3.05) is 26.3 Å². The molecule has 4 heteroatoms. The lowest BCUT2D eigenvalue weighted by atomic mass is 10.1. The van der Waals surface area contributed by atoms with Crippen LogP contribution >= 0.6 is 0 Å². The van der Waals surface area contributed by atoms with Crippen LogP contribution in [0.25, 0.3) is 0 Å². The smallest absolute Gasteiger partial charge is 0.263 e. The first kappa shape index (κ1) is 14.4. The molecular weight excluding hydrogens is 266 g/mol. The molecule has 0 radical (unpaired) electrons. The summed E-state index contributed by atoms with van der Waals surface area (Å²) in [6.45, 7) is 4.59. The third-order valence-corrected chi connectivity index (χ3v) is 4.32. The minimum atomic E-state index is -0.387. The number of amides is 1. The van der Waals surface area contributed by atoms with E-state index in [9.17, 15) is 4.79 Å². The molecule has 1 atom stereocenters. The van der Waals surface area contributed by atoms with Gasteiger partial charge in [-0.3, -0.25) is 4.79 Å². The van der Waals surface area contributed by atoms with Gasteiger partial charge in [0.05, 0.1) is 13.2 Å². The Morgan fingerprint density at radius 1 is 1.29 bits per heavy atom. The Hall–Kier alpha value is -1.55. The standard InChI is InChI=1S/C17H23NO3/c1-2-16(17(19)18-8-10-20-11-9-18)21-15-7-6-13-4-3-5-14(13)12-15/h6-7,12,16H,2-5,8-11H2,1H3/t16-/m1/s1. The van der Waals surface area contributed by atoms with E-state index in [4.69, 9.17) is 9.47 Å². The van der Waals surface area contributed by atoms with E-state index in [1.807, 2.05) is 17.9 Å². The van der Waals surface area contributed by atoms with E-state index in [1.165, 1.54) is 24.0 Å². The molecular formula is C17H23NO3. The van der Waals surface area contributed by atoms with Gasteiger partial charge in [-0.1, -0.05) is 13.0 Å². The highest BCUT2D eigenvalue weighted by molar-refractivity contribution is 5.81. The predicted octanol–water partition coefficient (Wildman–Crippen LogP) is 2.19. The van der Waals surface area contributed by atoms with Gasteiger partial charge in [-0.25, -0.2) is 0 Å². The van der Waals surface area contributed by atoms with Crippen molar-refractivity contribution in [2.45, 2.75) is 38.7 Å². The molecule has 1 fully saturated rings. The van der Waals surface area contributed by atoms with Crippen LogP contribution in [0.15, 0.2) is 18.2 Å². The predicted molar refractivity (Wildman–Crippen MR) is 80.6 cm³/mol. The zero-order chi connectivity index (χ0) is 14.7. The Kier molecular flexibility index (Phi) is 4.44. The molecule has 1 saturated heterocycles. The molecule has 114 valence electrons. The zero-order valence-corrected chi connectivity index (χ0v) is 12.6. The van der Waals surface area contributed by atoms with Crippen molar-refractivity contribution < 1.29 is 14.3 Å². The van der Waals surface area contributed by atoms with Crippen LogP contribution in [0, 0.1) is 0 Å². The lowest BCUT2D eigenvalue weighted by molar-refractivity contribution is -0.142. The normalized spacial score (nSPS) is 19.2. The van der Waals surface area contributed by atoms with Crippen molar-refractivity contribution in [3.63, 3.8) is 0 Å². The molecule has 1 aliphatic carbocycles. The van der Waals surface area contributed by atoms with E-state index in [0.717, 1.165) is 12.2 Å². The Bertz CT molecular complexity index is 509. The molecule has 3 rings (SSSR count). The van der Waals surface area contributed by atoms with Crippen molar-refractivity contribution >= 4 is 5.91 Å². The average molecular weight is 289 g/mol. The number of carbonyl (C=O) groups excluding carboxylic acids is 1. The van der Waals surface area contributed by atoms with Crippen molar-refractivity contribution in [1.82, 2.24) is 4.90 Å². The molecule has 1 aromatic rings. The number of carbonyl (C=O) groups is 1. The van der Waals surface area contributed by atoms with Gasteiger partial charge in [0.15, 0.2) is 6.10 Å². The Balaban J connectivity index is 1.67. The minimum Gasteiger partial charge on any atom is -0.481 e. The van der Waals surface area contributed by atoms with E-state index in [0.29, 0.717) is 32.7 Å². The first-order valence-electron chi connectivity index (χ1n) is 7.93. The highest BCUT2D eigenvalue weighted by Crippen LogP contribution is 2.27. The van der Waals surface area contributed by atoms with Crippen LogP contribution in [-0.4, -0.2) is 43.2 Å². The number of hydrogen-bond donors (Lipinski definition) is 0. The summed E-state index contributed by atoms with van der Waals surface area (Å²) < 4.78 is 11.3. The topological polar surface area (TPSA) is 38.8 Å². The quantitative estimate of drug-likeness (QED) is 0.853. The van der Waals surface area contributed by atoms with Gasteiger partial charge >= 0.3 is 0 Å². The summed E-state index contributed by atoms with van der Waals surface area (Å²) in [5.74, 6) is 0.908. The SMILES string of the molecule is CC[C@@H](Oc1ccc2c(c1)CCC2)C(=O)N1CCOCC1. The Morgan fingerprint density at radius 2 is 2.05 bits per heavy atom. The summed E-state index contributed by atoms with van der Waals surface area (Å²) in [7, 11) is 0. The van der Waals surface area contributed by atoms with Crippen LogP contribution in [0.1, 0.15) is 30.9 Å². The van der Waals surface area contributed by atoms with Gasteiger partial charge in [-0.05, 0) is 48.9 Å². The molecule has 2 aliphatic rings. The Labute approximate surface area is 126 Å². The van der Waals surface area contributed by atoms with E-state index < -0.39 is 0 Å². The summed E-state index contributed by atoms with van der Waals surface area (Å²) in [6.07, 6.45) is 3.82. The highest BCUT2D eigenvalue weighted by Gasteiger charge is 2.26. The number of ether oxygens (including phenoxy) is 2. The number of hydrogen-bond acceptors (Lipinski definition) is 3. The number of rotatable bonds is 4. The summed E-state index contributed by atoms with van der Waals surface area (Å²) in [5, 5.41) is 0. The van der Waals surface area contributed by atoms with Crippen molar-refractivity contribution in [2.24, 2.45) is 0 Å². The second kappa shape index (κ2) is 6.48. The fourth-order valence-electron chi connectivity index (χ4n) is 3.08. The Morgan fingerprint density at radius 3 is 2.81 bits per heavy atom. The second-order valence-electron chi connectivity index (χ2n) is 5.74. The van der Waals surface area contributed by atoms with Crippen LogP contribution in [-0.2, 0) is 22.4 Å². The summed E-state index contributed by atoms with van der Waals surface area (Å²) >= 11 is 0. The lowest BCUT2D eigenvalue weighted by Crippen LogP contribution is -2.47. The fourth-order valence-corrected chi connectivity index (χ4v) is 3.08. The van der Waals surface area contributed by atoms with E-state index in [1.54, 1.807) is 0 Å². The van der Waals surface area contributed by atoms with E-state index in [2.05, 4.69) is 12.1 Å². The lowest BCUT2D eigenvalue weighted by Gasteiger charge is -2.30.